The smallest absolute Gasteiger partial charge is 0.416 e. The highest BCUT2D eigenvalue weighted by molar-refractivity contribution is 5.87. The fourth-order valence-corrected chi connectivity index (χ4v) is 8.08. The summed E-state index contributed by atoms with van der Waals surface area (Å²) in [6.07, 6.45) is 2.55. The molecule has 1 aliphatic heterocycles. The van der Waals surface area contributed by atoms with Crippen molar-refractivity contribution in [1.29, 1.82) is 0 Å². The number of phenolic OH excluding ortho intramolecular Hbond substituents is 1. The van der Waals surface area contributed by atoms with Gasteiger partial charge in [-0.2, -0.15) is 13.2 Å². The second-order valence-electron chi connectivity index (χ2n) is 12.3. The van der Waals surface area contributed by atoms with E-state index in [1.165, 1.54) is 0 Å². The summed E-state index contributed by atoms with van der Waals surface area (Å²) < 4.78 is 40.3. The van der Waals surface area contributed by atoms with Gasteiger partial charge in [0, 0.05) is 30.0 Å². The third-order valence-corrected chi connectivity index (χ3v) is 10.00. The maximum Gasteiger partial charge on any atom is 0.416 e. The molecule has 5 aliphatic rings. The van der Waals surface area contributed by atoms with Crippen LogP contribution in [-0.4, -0.2) is 39.1 Å². The Bertz CT molecular complexity index is 1260. The number of carbonyl (C=O) groups excluding carboxylic acids is 1. The van der Waals surface area contributed by atoms with E-state index in [-0.39, 0.29) is 35.1 Å². The third kappa shape index (κ3) is 4.56. The fourth-order valence-electron chi connectivity index (χ4n) is 8.08. The standard InChI is InChI=1S/C31H35F3N2O4/c32-31(33,34)22-11-12-23(37)21(13-22)17-35-25-24(30-14-18(15-30)16-30)27(29(39)40)36(26(25)19-7-3-1-4-8-19)28(38)20-9-5-2-6-10-20/h1,3-4,7-8,11-13,18,20,24-27,35,37H,2,5-6,9-10,14-17H2,(H,39,40)/t18?,24-,25-,26-,27-,30?/m0/s1. The Morgan fingerprint density at radius 3 is 2.25 bits per heavy atom. The first-order chi connectivity index (χ1) is 19.1. The zero-order valence-electron chi connectivity index (χ0n) is 22.2. The van der Waals surface area contributed by atoms with Crippen LogP contribution in [0.4, 0.5) is 13.2 Å². The van der Waals surface area contributed by atoms with Crippen molar-refractivity contribution >= 4 is 11.9 Å². The summed E-state index contributed by atoms with van der Waals surface area (Å²) in [5.74, 6) is -1.50. The van der Waals surface area contributed by atoms with Gasteiger partial charge in [-0.1, -0.05) is 49.6 Å². The number of nitrogens with zero attached hydrogens (tertiary/aromatic N) is 1. The van der Waals surface area contributed by atoms with Crippen LogP contribution in [0.2, 0.25) is 0 Å². The first kappa shape index (κ1) is 27.1. The minimum absolute atomic E-state index is 0.0851. The molecule has 6 nitrogen and oxygen atoms in total. The van der Waals surface area contributed by atoms with Gasteiger partial charge in [0.1, 0.15) is 11.8 Å². The minimum atomic E-state index is -4.56. The van der Waals surface area contributed by atoms with E-state index in [0.717, 1.165) is 75.1 Å². The van der Waals surface area contributed by atoms with Gasteiger partial charge in [-0.15, -0.1) is 0 Å². The summed E-state index contributed by atoms with van der Waals surface area (Å²) in [6, 6.07) is 10.1. The molecule has 0 aromatic heterocycles. The van der Waals surface area contributed by atoms with Crippen LogP contribution in [0.5, 0.6) is 5.75 Å². The van der Waals surface area contributed by atoms with Crippen LogP contribution in [0.15, 0.2) is 48.5 Å². The summed E-state index contributed by atoms with van der Waals surface area (Å²) >= 11 is 0. The van der Waals surface area contributed by atoms with E-state index < -0.39 is 41.8 Å². The molecule has 4 aliphatic carbocycles. The van der Waals surface area contributed by atoms with Crippen LogP contribution in [0.3, 0.4) is 0 Å². The lowest BCUT2D eigenvalue weighted by Crippen LogP contribution is -2.63. The largest absolute Gasteiger partial charge is 0.508 e. The molecule has 1 heterocycles. The Hall–Kier alpha value is -3.07. The van der Waals surface area contributed by atoms with E-state index in [2.05, 4.69) is 5.32 Å². The monoisotopic (exact) mass is 556 g/mol. The molecular weight excluding hydrogens is 521 g/mol. The summed E-state index contributed by atoms with van der Waals surface area (Å²) in [5.41, 5.74) is -0.183. The quantitative estimate of drug-likeness (QED) is 0.395. The number of halogens is 3. The lowest BCUT2D eigenvalue weighted by atomic mass is 9.38. The van der Waals surface area contributed by atoms with Crippen molar-refractivity contribution < 1.29 is 33.0 Å². The van der Waals surface area contributed by atoms with E-state index in [9.17, 15) is 33.0 Å². The normalized spacial score (nSPS) is 31.9. The number of carboxylic acids is 1. The Balaban J connectivity index is 1.41. The molecule has 5 fully saturated rings. The maximum absolute atomic E-state index is 14.2. The van der Waals surface area contributed by atoms with Gasteiger partial charge in [-0.3, -0.25) is 4.79 Å². The summed E-state index contributed by atoms with van der Waals surface area (Å²) in [6.45, 7) is -0.0858. The number of benzene rings is 2. The average Bonchev–Trinajstić information content (AvgIpc) is 3.21. The van der Waals surface area contributed by atoms with Crippen LogP contribution in [0.1, 0.15) is 74.1 Å². The molecule has 1 saturated heterocycles. The Labute approximate surface area is 231 Å². The van der Waals surface area contributed by atoms with E-state index in [0.29, 0.717) is 5.92 Å². The second kappa shape index (κ2) is 10.1. The van der Waals surface area contributed by atoms with Crippen LogP contribution in [0, 0.1) is 23.2 Å². The van der Waals surface area contributed by atoms with Gasteiger partial charge in [0.05, 0.1) is 11.6 Å². The zero-order chi connectivity index (χ0) is 28.2. The van der Waals surface area contributed by atoms with E-state index >= 15 is 0 Å². The lowest BCUT2D eigenvalue weighted by molar-refractivity contribution is -0.178. The van der Waals surface area contributed by atoms with Crippen LogP contribution in [0.25, 0.3) is 0 Å². The molecule has 214 valence electrons. The molecule has 0 spiro atoms. The number of aliphatic carboxylic acids is 1. The highest BCUT2D eigenvalue weighted by Crippen LogP contribution is 2.71. The number of carboxylic acid groups (broad SMARTS) is 1. The molecule has 2 bridgehead atoms. The van der Waals surface area contributed by atoms with Crippen molar-refractivity contribution in [3.8, 4) is 5.75 Å². The third-order valence-electron chi connectivity index (χ3n) is 10.00. The van der Waals surface area contributed by atoms with Gasteiger partial charge in [0.2, 0.25) is 5.91 Å². The Morgan fingerprint density at radius 1 is 1.00 bits per heavy atom. The van der Waals surface area contributed by atoms with Crippen molar-refractivity contribution in [2.45, 2.75) is 82.2 Å². The molecule has 1 amide bonds. The Morgan fingerprint density at radius 2 is 1.68 bits per heavy atom. The number of aromatic hydroxyl groups is 1. The van der Waals surface area contributed by atoms with Gasteiger partial charge in [0.25, 0.3) is 0 Å². The lowest BCUT2D eigenvalue weighted by Gasteiger charge is -2.66. The Kier molecular flexibility index (Phi) is 6.84. The van der Waals surface area contributed by atoms with E-state index in [1.54, 1.807) is 4.90 Å². The van der Waals surface area contributed by atoms with Crippen LogP contribution < -0.4 is 5.32 Å². The second-order valence-corrected chi connectivity index (χ2v) is 12.3. The molecular formula is C31H35F3N2O4. The minimum Gasteiger partial charge on any atom is -0.508 e. The predicted molar refractivity (Wildman–Crippen MR) is 141 cm³/mol. The van der Waals surface area contributed by atoms with Gasteiger partial charge in [-0.05, 0) is 67.2 Å². The highest BCUT2D eigenvalue weighted by Gasteiger charge is 2.69. The van der Waals surface area contributed by atoms with Crippen molar-refractivity contribution in [3.05, 3.63) is 65.2 Å². The molecule has 4 atom stereocenters. The summed E-state index contributed by atoms with van der Waals surface area (Å²) in [7, 11) is 0. The van der Waals surface area contributed by atoms with Gasteiger partial charge >= 0.3 is 12.1 Å². The number of phenols is 1. The number of amides is 1. The molecule has 2 aromatic rings. The number of hydrogen-bond donors (Lipinski definition) is 3. The van der Waals surface area contributed by atoms with E-state index in [4.69, 9.17) is 0 Å². The molecule has 0 unspecified atom stereocenters. The van der Waals surface area contributed by atoms with Crippen molar-refractivity contribution in [2.75, 3.05) is 0 Å². The molecule has 4 saturated carbocycles. The predicted octanol–water partition coefficient (Wildman–Crippen LogP) is 5.90. The highest BCUT2D eigenvalue weighted by atomic mass is 19.4. The summed E-state index contributed by atoms with van der Waals surface area (Å²) in [4.78, 5) is 28.8. The molecule has 7 rings (SSSR count). The zero-order valence-corrected chi connectivity index (χ0v) is 22.2. The van der Waals surface area contributed by atoms with Crippen molar-refractivity contribution in [3.63, 3.8) is 0 Å². The number of hydrogen-bond acceptors (Lipinski definition) is 4. The van der Waals surface area contributed by atoms with Crippen molar-refractivity contribution in [1.82, 2.24) is 10.2 Å². The molecule has 40 heavy (non-hydrogen) atoms. The maximum atomic E-state index is 14.2. The number of carbonyl (C=O) groups is 2. The first-order valence-electron chi connectivity index (χ1n) is 14.3. The molecule has 2 aromatic carbocycles. The van der Waals surface area contributed by atoms with Gasteiger partial charge in [0.15, 0.2) is 0 Å². The van der Waals surface area contributed by atoms with Crippen LogP contribution >= 0.6 is 0 Å². The number of nitrogens with one attached hydrogen (secondary N) is 1. The summed E-state index contributed by atoms with van der Waals surface area (Å²) in [5, 5.41) is 24.5. The fraction of sp³-hybridized carbons (Fsp3) is 0.548. The van der Waals surface area contributed by atoms with Crippen LogP contribution in [-0.2, 0) is 22.3 Å². The van der Waals surface area contributed by atoms with Gasteiger partial charge < -0.3 is 20.4 Å². The topological polar surface area (TPSA) is 89.9 Å². The SMILES string of the molecule is O=C(O)[C@@H]1[C@@H](C23CC(C2)C3)[C@H](NCc2cc(C(F)(F)F)ccc2O)[C@H](c2ccccc2)N1C(=O)C1CCCCC1. The number of likely N-dealkylation sites (tertiary alicyclic amines) is 1. The first-order valence-corrected chi connectivity index (χ1v) is 14.3. The average molecular weight is 557 g/mol. The van der Waals surface area contributed by atoms with E-state index in [1.807, 2.05) is 30.3 Å². The molecule has 9 heteroatoms. The van der Waals surface area contributed by atoms with Crippen molar-refractivity contribution in [2.24, 2.45) is 23.2 Å². The van der Waals surface area contributed by atoms with Gasteiger partial charge in [-0.25, -0.2) is 4.79 Å². The molecule has 3 N–H and O–H groups in total. The number of alkyl halides is 3. The number of rotatable bonds is 7. The molecule has 0 radical (unpaired) electrons.